The lowest BCUT2D eigenvalue weighted by Gasteiger charge is -2.21. The van der Waals surface area contributed by atoms with Gasteiger partial charge in [-0.1, -0.05) is 23.2 Å². The van der Waals surface area contributed by atoms with E-state index in [4.69, 9.17) is 23.2 Å². The number of carbonyl (C=O) groups excluding carboxylic acids is 1. The van der Waals surface area contributed by atoms with Gasteiger partial charge in [0.2, 0.25) is 0 Å². The molecule has 1 aliphatic rings. The number of H-pyrrole nitrogens is 1. The average molecular weight is 498 g/mol. The molecule has 0 saturated carbocycles. The highest BCUT2D eigenvalue weighted by atomic mass is 35.5. The number of carbonyl (C=O) groups is 1. The number of likely N-dealkylation sites (tertiary alicyclic amines) is 1. The molecule has 4 aromatic rings. The predicted molar refractivity (Wildman–Crippen MR) is 136 cm³/mol. The van der Waals surface area contributed by atoms with Crippen LogP contribution in [-0.4, -0.2) is 68.9 Å². The van der Waals surface area contributed by atoms with E-state index in [-0.39, 0.29) is 11.9 Å². The van der Waals surface area contributed by atoms with Crippen molar-refractivity contribution in [2.24, 2.45) is 0 Å². The van der Waals surface area contributed by atoms with Gasteiger partial charge < -0.3 is 20.1 Å². The fraction of sp³-hybridized carbons (Fsp3) is 0.333. The van der Waals surface area contributed by atoms with E-state index in [1.807, 2.05) is 44.1 Å². The number of hydrogen-bond donors (Lipinski definition) is 2. The summed E-state index contributed by atoms with van der Waals surface area (Å²) in [6.45, 7) is 3.39. The second-order valence-corrected chi connectivity index (χ2v) is 9.72. The molecule has 5 rings (SSSR count). The molecule has 1 aliphatic heterocycles. The van der Waals surface area contributed by atoms with Crippen molar-refractivity contribution in [3.05, 3.63) is 58.1 Å². The van der Waals surface area contributed by atoms with Crippen LogP contribution in [0.4, 0.5) is 5.82 Å². The van der Waals surface area contributed by atoms with E-state index in [1.54, 1.807) is 12.1 Å². The molecule has 0 spiro atoms. The highest BCUT2D eigenvalue weighted by Gasteiger charge is 2.29. The van der Waals surface area contributed by atoms with Gasteiger partial charge in [-0.3, -0.25) is 4.79 Å². The monoisotopic (exact) mass is 497 g/mol. The van der Waals surface area contributed by atoms with E-state index in [0.29, 0.717) is 46.1 Å². The lowest BCUT2D eigenvalue weighted by molar-refractivity contribution is 0.0783. The first-order valence-corrected chi connectivity index (χ1v) is 11.9. The van der Waals surface area contributed by atoms with Crippen molar-refractivity contribution in [1.29, 1.82) is 0 Å². The number of nitrogens with one attached hydrogen (secondary N) is 2. The maximum absolute atomic E-state index is 13.2. The van der Waals surface area contributed by atoms with E-state index >= 15 is 0 Å². The molecule has 0 bridgehead atoms. The third kappa shape index (κ3) is 4.29. The standard InChI is InChI=1S/C24H25Cl2N7O/c1-13(22-30-19-5-4-14(25)8-21(19)31-22)29-23-17-9-18(26)16(10-20(17)27-12-28-23)24(34)33-7-6-15(11-33)32(2)3/h4-5,8-10,12-13,15H,6-7,11H2,1-3H3,(H,30,31)(H,27,28,29)/t13-,15-/m0/s1. The van der Waals surface area contributed by atoms with Gasteiger partial charge in [-0.2, -0.15) is 0 Å². The normalized spacial score (nSPS) is 17.1. The molecule has 2 N–H and O–H groups in total. The summed E-state index contributed by atoms with van der Waals surface area (Å²) in [5.74, 6) is 1.30. The smallest absolute Gasteiger partial charge is 0.255 e. The van der Waals surface area contributed by atoms with E-state index in [2.05, 4.69) is 30.2 Å². The summed E-state index contributed by atoms with van der Waals surface area (Å²) in [6, 6.07) is 9.25. The largest absolute Gasteiger partial charge is 0.360 e. The second-order valence-electron chi connectivity index (χ2n) is 8.88. The molecule has 0 unspecified atom stereocenters. The predicted octanol–water partition coefficient (Wildman–Crippen LogP) is 4.76. The number of halogens is 2. The average Bonchev–Trinajstić information content (AvgIpc) is 3.46. The first-order chi connectivity index (χ1) is 16.3. The molecule has 1 fully saturated rings. The second kappa shape index (κ2) is 9.02. The van der Waals surface area contributed by atoms with Crippen LogP contribution in [0.2, 0.25) is 10.0 Å². The summed E-state index contributed by atoms with van der Waals surface area (Å²) in [5, 5.41) is 5.15. The number of likely N-dealkylation sites (N-methyl/N-ethyl adjacent to an activating group) is 1. The molecule has 0 aliphatic carbocycles. The van der Waals surface area contributed by atoms with E-state index in [9.17, 15) is 4.79 Å². The molecule has 0 radical (unpaired) electrons. The van der Waals surface area contributed by atoms with Gasteiger partial charge in [-0.25, -0.2) is 15.0 Å². The zero-order valence-corrected chi connectivity index (χ0v) is 20.7. The van der Waals surface area contributed by atoms with Gasteiger partial charge in [0, 0.05) is 29.5 Å². The fourth-order valence-corrected chi connectivity index (χ4v) is 4.76. The maximum Gasteiger partial charge on any atom is 0.255 e. The maximum atomic E-state index is 13.2. The van der Waals surface area contributed by atoms with Crippen molar-refractivity contribution in [3.63, 3.8) is 0 Å². The molecule has 2 aromatic heterocycles. The number of nitrogens with zero attached hydrogens (tertiary/aromatic N) is 5. The number of aromatic nitrogens is 4. The lowest BCUT2D eigenvalue weighted by atomic mass is 10.1. The Morgan fingerprint density at radius 1 is 1.21 bits per heavy atom. The van der Waals surface area contributed by atoms with Crippen LogP contribution < -0.4 is 5.32 Å². The first-order valence-electron chi connectivity index (χ1n) is 11.1. The summed E-state index contributed by atoms with van der Waals surface area (Å²) in [5.41, 5.74) is 2.82. The van der Waals surface area contributed by atoms with Crippen LogP contribution in [0.5, 0.6) is 0 Å². The summed E-state index contributed by atoms with van der Waals surface area (Å²) >= 11 is 12.7. The third-order valence-corrected chi connectivity index (χ3v) is 6.91. The molecule has 8 nitrogen and oxygen atoms in total. The number of anilines is 1. The first kappa shape index (κ1) is 22.8. The van der Waals surface area contributed by atoms with Crippen molar-refractivity contribution in [3.8, 4) is 0 Å². The van der Waals surface area contributed by atoms with Crippen LogP contribution in [0.3, 0.4) is 0 Å². The summed E-state index contributed by atoms with van der Waals surface area (Å²) in [6.07, 6.45) is 2.43. The Bertz CT molecular complexity index is 1390. The van der Waals surface area contributed by atoms with Gasteiger partial charge in [-0.05, 0) is 57.8 Å². The van der Waals surface area contributed by atoms with Gasteiger partial charge >= 0.3 is 0 Å². The van der Waals surface area contributed by atoms with E-state index in [1.165, 1.54) is 6.33 Å². The fourth-order valence-electron chi connectivity index (χ4n) is 4.35. The molecule has 10 heteroatoms. The summed E-state index contributed by atoms with van der Waals surface area (Å²) in [7, 11) is 4.07. The van der Waals surface area contributed by atoms with Gasteiger partial charge in [0.05, 0.1) is 33.2 Å². The molecular formula is C24H25Cl2N7O. The van der Waals surface area contributed by atoms with Crippen LogP contribution in [0.25, 0.3) is 21.9 Å². The lowest BCUT2D eigenvalue weighted by Crippen LogP contribution is -2.34. The van der Waals surface area contributed by atoms with Crippen molar-refractivity contribution in [2.45, 2.75) is 25.4 Å². The molecule has 3 heterocycles. The van der Waals surface area contributed by atoms with Crippen molar-refractivity contribution >= 4 is 56.9 Å². The Morgan fingerprint density at radius 3 is 2.79 bits per heavy atom. The number of hydrogen-bond acceptors (Lipinski definition) is 6. The molecule has 34 heavy (non-hydrogen) atoms. The van der Waals surface area contributed by atoms with Gasteiger partial charge in [0.25, 0.3) is 5.91 Å². The minimum Gasteiger partial charge on any atom is -0.360 e. The Labute approximate surface area is 207 Å². The molecular weight excluding hydrogens is 473 g/mol. The zero-order valence-electron chi connectivity index (χ0n) is 19.1. The molecule has 2 aromatic carbocycles. The van der Waals surface area contributed by atoms with Crippen LogP contribution >= 0.6 is 23.2 Å². The van der Waals surface area contributed by atoms with Crippen LogP contribution in [-0.2, 0) is 0 Å². The topological polar surface area (TPSA) is 90.0 Å². The zero-order chi connectivity index (χ0) is 24.0. The summed E-state index contributed by atoms with van der Waals surface area (Å²) in [4.78, 5) is 34.0. The number of benzene rings is 2. The van der Waals surface area contributed by atoms with Crippen LogP contribution in [0.1, 0.15) is 35.6 Å². The van der Waals surface area contributed by atoms with Gasteiger partial charge in [-0.15, -0.1) is 0 Å². The summed E-state index contributed by atoms with van der Waals surface area (Å²) < 4.78 is 0. The van der Waals surface area contributed by atoms with Crippen molar-refractivity contribution in [2.75, 3.05) is 32.5 Å². The number of fused-ring (bicyclic) bond motifs is 2. The minimum atomic E-state index is -0.170. The van der Waals surface area contributed by atoms with Gasteiger partial charge in [0.1, 0.15) is 18.0 Å². The Hall–Kier alpha value is -2.94. The van der Waals surface area contributed by atoms with E-state index in [0.717, 1.165) is 28.7 Å². The number of rotatable bonds is 5. The van der Waals surface area contributed by atoms with Crippen LogP contribution in [0, 0.1) is 0 Å². The number of amides is 1. The van der Waals surface area contributed by atoms with Crippen molar-refractivity contribution < 1.29 is 4.79 Å². The molecule has 1 amide bonds. The molecule has 1 saturated heterocycles. The van der Waals surface area contributed by atoms with Crippen LogP contribution in [0.15, 0.2) is 36.7 Å². The van der Waals surface area contributed by atoms with E-state index < -0.39 is 0 Å². The third-order valence-electron chi connectivity index (χ3n) is 6.36. The minimum absolute atomic E-state index is 0.0707. The molecule has 2 atom stereocenters. The van der Waals surface area contributed by atoms with Crippen molar-refractivity contribution in [1.82, 2.24) is 29.7 Å². The quantitative estimate of drug-likeness (QED) is 0.413. The highest BCUT2D eigenvalue weighted by Crippen LogP contribution is 2.30. The number of aromatic amines is 1. The highest BCUT2D eigenvalue weighted by molar-refractivity contribution is 6.35. The Kier molecular flexibility index (Phi) is 6.06. The Balaban J connectivity index is 1.41. The molecule has 176 valence electrons. The SMILES string of the molecule is C[C@H](Nc1ncnc2cc(C(=O)N3CC[C@H](N(C)C)C3)c(Cl)cc12)c1nc2cc(Cl)ccc2[nH]1. The number of imidazole rings is 1. The Morgan fingerprint density at radius 2 is 2.03 bits per heavy atom. The van der Waals surface area contributed by atoms with Gasteiger partial charge in [0.15, 0.2) is 0 Å².